The predicted molar refractivity (Wildman–Crippen MR) is 92.4 cm³/mol. The highest BCUT2D eigenvalue weighted by atomic mass is 16.2. The Morgan fingerprint density at radius 3 is 2.70 bits per heavy atom. The fraction of sp³-hybridized carbons (Fsp3) is 0.500. The number of rotatable bonds is 6. The smallest absolute Gasteiger partial charge is 0.261 e. The molecule has 23 heavy (non-hydrogen) atoms. The predicted octanol–water partition coefficient (Wildman–Crippen LogP) is 2.65. The van der Waals surface area contributed by atoms with Gasteiger partial charge in [0.1, 0.15) is 6.54 Å². The molecule has 5 nitrogen and oxygen atoms in total. The summed E-state index contributed by atoms with van der Waals surface area (Å²) in [6.07, 6.45) is 3.46. The number of carbonyl (C=O) groups is 1. The van der Waals surface area contributed by atoms with E-state index in [4.69, 9.17) is 0 Å². The maximum atomic E-state index is 12.5. The summed E-state index contributed by atoms with van der Waals surface area (Å²) in [5.74, 6) is 0.460. The molecular weight excluding hydrogens is 290 g/mol. The molecule has 0 aliphatic rings. The number of carbonyl (C=O) groups excluding carboxylic acids is 1. The summed E-state index contributed by atoms with van der Waals surface area (Å²) < 4.78 is 1.37. The first-order chi connectivity index (χ1) is 10.9. The van der Waals surface area contributed by atoms with E-state index < -0.39 is 0 Å². The summed E-state index contributed by atoms with van der Waals surface area (Å²) in [5, 5.41) is 3.49. The van der Waals surface area contributed by atoms with Crippen molar-refractivity contribution in [3.05, 3.63) is 40.4 Å². The highest BCUT2D eigenvalue weighted by Gasteiger charge is 2.11. The van der Waals surface area contributed by atoms with Crippen molar-refractivity contribution in [2.45, 2.75) is 53.1 Å². The Morgan fingerprint density at radius 2 is 2.00 bits per heavy atom. The summed E-state index contributed by atoms with van der Waals surface area (Å²) >= 11 is 0. The Labute approximate surface area is 136 Å². The number of nitrogens with one attached hydrogen (secondary N) is 1. The minimum absolute atomic E-state index is 0.00172. The van der Waals surface area contributed by atoms with Crippen LogP contribution in [0.3, 0.4) is 0 Å². The van der Waals surface area contributed by atoms with Gasteiger partial charge in [0.25, 0.3) is 5.56 Å². The van der Waals surface area contributed by atoms with Gasteiger partial charge in [0, 0.05) is 6.04 Å². The van der Waals surface area contributed by atoms with E-state index in [2.05, 4.69) is 24.1 Å². The lowest BCUT2D eigenvalue weighted by Crippen LogP contribution is -2.37. The van der Waals surface area contributed by atoms with E-state index in [9.17, 15) is 9.59 Å². The molecule has 5 heteroatoms. The van der Waals surface area contributed by atoms with Crippen molar-refractivity contribution in [1.29, 1.82) is 0 Å². The van der Waals surface area contributed by atoms with E-state index in [1.165, 1.54) is 10.9 Å². The summed E-state index contributed by atoms with van der Waals surface area (Å²) in [6.45, 7) is 8.24. The lowest BCUT2D eigenvalue weighted by atomic mass is 10.0. The Balaban J connectivity index is 2.08. The van der Waals surface area contributed by atoms with Crippen LogP contribution in [0.2, 0.25) is 0 Å². The molecule has 2 aromatic rings. The van der Waals surface area contributed by atoms with Crippen molar-refractivity contribution < 1.29 is 4.79 Å². The molecule has 1 unspecified atom stereocenters. The zero-order chi connectivity index (χ0) is 17.0. The first-order valence-corrected chi connectivity index (χ1v) is 8.12. The molecule has 0 saturated heterocycles. The largest absolute Gasteiger partial charge is 0.352 e. The molecule has 0 radical (unpaired) electrons. The maximum absolute atomic E-state index is 12.5. The highest BCUT2D eigenvalue weighted by Crippen LogP contribution is 2.11. The van der Waals surface area contributed by atoms with Gasteiger partial charge in [0.2, 0.25) is 5.91 Å². The first kappa shape index (κ1) is 17.2. The van der Waals surface area contributed by atoms with Crippen molar-refractivity contribution >= 4 is 16.8 Å². The van der Waals surface area contributed by atoms with Crippen molar-refractivity contribution in [3.8, 4) is 0 Å². The lowest BCUT2D eigenvalue weighted by Gasteiger charge is -2.15. The average Bonchev–Trinajstić information content (AvgIpc) is 2.48. The van der Waals surface area contributed by atoms with Crippen LogP contribution >= 0.6 is 0 Å². The summed E-state index contributed by atoms with van der Waals surface area (Å²) in [6, 6.07) is 5.61. The monoisotopic (exact) mass is 315 g/mol. The molecule has 1 atom stereocenters. The van der Waals surface area contributed by atoms with Crippen LogP contribution < -0.4 is 10.9 Å². The molecule has 0 aliphatic carbocycles. The van der Waals surface area contributed by atoms with Gasteiger partial charge in [0.05, 0.1) is 17.2 Å². The number of nitrogens with zero attached hydrogens (tertiary/aromatic N) is 2. The molecular formula is C18H25N3O2. The van der Waals surface area contributed by atoms with Gasteiger partial charge in [-0.3, -0.25) is 14.2 Å². The minimum Gasteiger partial charge on any atom is -0.352 e. The van der Waals surface area contributed by atoms with E-state index >= 15 is 0 Å². The zero-order valence-corrected chi connectivity index (χ0v) is 14.3. The third-order valence-electron chi connectivity index (χ3n) is 3.95. The molecule has 1 aromatic carbocycles. The first-order valence-electron chi connectivity index (χ1n) is 8.12. The van der Waals surface area contributed by atoms with Crippen LogP contribution in [0.1, 0.15) is 39.2 Å². The van der Waals surface area contributed by atoms with Gasteiger partial charge in [-0.15, -0.1) is 0 Å². The topological polar surface area (TPSA) is 64.0 Å². The average molecular weight is 315 g/mol. The third kappa shape index (κ3) is 4.41. The fourth-order valence-electron chi connectivity index (χ4n) is 2.58. The van der Waals surface area contributed by atoms with Crippen molar-refractivity contribution in [2.24, 2.45) is 5.92 Å². The fourth-order valence-corrected chi connectivity index (χ4v) is 2.58. The second kappa shape index (κ2) is 7.40. The lowest BCUT2D eigenvalue weighted by molar-refractivity contribution is -0.122. The van der Waals surface area contributed by atoms with Crippen LogP contribution in [-0.4, -0.2) is 21.5 Å². The second-order valence-corrected chi connectivity index (χ2v) is 6.59. The van der Waals surface area contributed by atoms with Crippen LogP contribution in [0.15, 0.2) is 29.3 Å². The number of benzene rings is 1. The summed E-state index contributed by atoms with van der Waals surface area (Å²) in [7, 11) is 0. The quantitative estimate of drug-likeness (QED) is 0.891. The van der Waals surface area contributed by atoms with E-state index in [0.717, 1.165) is 18.4 Å². The Hall–Kier alpha value is -2.17. The summed E-state index contributed by atoms with van der Waals surface area (Å²) in [5.41, 5.74) is 1.47. The number of hydrogen-bond acceptors (Lipinski definition) is 3. The Bertz CT molecular complexity index is 750. The number of aromatic nitrogens is 2. The van der Waals surface area contributed by atoms with Gasteiger partial charge in [-0.05, 0) is 44.2 Å². The van der Waals surface area contributed by atoms with E-state index in [0.29, 0.717) is 16.8 Å². The standard InChI is InChI=1S/C18H25N3O2/c1-12(2)8-9-14(4)20-16(22)10-21-11-19-17-13(3)6-5-7-15(17)18(21)23/h5-7,11-12,14H,8-10H2,1-4H3,(H,20,22). The zero-order valence-electron chi connectivity index (χ0n) is 14.3. The van der Waals surface area contributed by atoms with Gasteiger partial charge in [-0.1, -0.05) is 26.0 Å². The van der Waals surface area contributed by atoms with Crippen LogP contribution in [0.4, 0.5) is 0 Å². The van der Waals surface area contributed by atoms with E-state index in [1.54, 1.807) is 6.07 Å². The van der Waals surface area contributed by atoms with E-state index in [-0.39, 0.29) is 24.1 Å². The van der Waals surface area contributed by atoms with Gasteiger partial charge in [-0.2, -0.15) is 0 Å². The molecule has 1 amide bonds. The van der Waals surface area contributed by atoms with Crippen molar-refractivity contribution in [1.82, 2.24) is 14.9 Å². The van der Waals surface area contributed by atoms with Crippen molar-refractivity contribution in [3.63, 3.8) is 0 Å². The number of amides is 1. The molecule has 0 saturated carbocycles. The second-order valence-electron chi connectivity index (χ2n) is 6.59. The number of fused-ring (bicyclic) bond motifs is 1. The van der Waals surface area contributed by atoms with Gasteiger partial charge in [0.15, 0.2) is 0 Å². The number of aryl methyl sites for hydroxylation is 1. The molecule has 0 fully saturated rings. The van der Waals surface area contributed by atoms with Gasteiger partial charge in [-0.25, -0.2) is 4.98 Å². The summed E-state index contributed by atoms with van der Waals surface area (Å²) in [4.78, 5) is 28.9. The molecule has 124 valence electrons. The molecule has 0 spiro atoms. The highest BCUT2D eigenvalue weighted by molar-refractivity contribution is 5.81. The van der Waals surface area contributed by atoms with Gasteiger partial charge < -0.3 is 5.32 Å². The normalized spacial score (nSPS) is 12.6. The Kier molecular flexibility index (Phi) is 5.53. The maximum Gasteiger partial charge on any atom is 0.261 e. The molecule has 0 aliphatic heterocycles. The van der Waals surface area contributed by atoms with Crippen LogP contribution in [0, 0.1) is 12.8 Å². The molecule has 2 rings (SSSR count). The van der Waals surface area contributed by atoms with Crippen LogP contribution in [-0.2, 0) is 11.3 Å². The van der Waals surface area contributed by atoms with Crippen molar-refractivity contribution in [2.75, 3.05) is 0 Å². The molecule has 0 bridgehead atoms. The minimum atomic E-state index is -0.177. The van der Waals surface area contributed by atoms with Gasteiger partial charge >= 0.3 is 0 Å². The van der Waals surface area contributed by atoms with Crippen LogP contribution in [0.5, 0.6) is 0 Å². The number of hydrogen-bond donors (Lipinski definition) is 1. The molecule has 1 N–H and O–H groups in total. The molecule has 1 aromatic heterocycles. The number of para-hydroxylation sites is 1. The molecule has 1 heterocycles. The van der Waals surface area contributed by atoms with Crippen LogP contribution in [0.25, 0.3) is 10.9 Å². The SMILES string of the molecule is Cc1cccc2c(=O)n(CC(=O)NC(C)CCC(C)C)cnc12. The Morgan fingerprint density at radius 1 is 1.26 bits per heavy atom. The van der Waals surface area contributed by atoms with E-state index in [1.807, 2.05) is 26.0 Å². The third-order valence-corrected chi connectivity index (χ3v) is 3.95.